The highest BCUT2D eigenvalue weighted by atomic mass is 16.6. The summed E-state index contributed by atoms with van der Waals surface area (Å²) in [6.07, 6.45) is 8.00. The van der Waals surface area contributed by atoms with Crippen molar-refractivity contribution in [2.45, 2.75) is 52.4 Å². The van der Waals surface area contributed by atoms with Gasteiger partial charge in [0.25, 0.3) is 5.88 Å². The fraction of sp³-hybridized carbons (Fsp3) is 0.714. The van der Waals surface area contributed by atoms with Crippen LogP contribution in [0.25, 0.3) is 0 Å². The van der Waals surface area contributed by atoms with Gasteiger partial charge in [-0.05, 0) is 13.3 Å². The van der Waals surface area contributed by atoms with Gasteiger partial charge in [0.05, 0.1) is 11.5 Å². The lowest BCUT2D eigenvalue weighted by Crippen LogP contribution is -2.07. The Bertz CT molecular complexity index is 440. The predicted octanol–water partition coefficient (Wildman–Crippen LogP) is 3.56. The largest absolute Gasteiger partial charge is 0.473 e. The summed E-state index contributed by atoms with van der Waals surface area (Å²) in [7, 11) is 0. The quantitative estimate of drug-likeness (QED) is 0.381. The second-order valence-corrected chi connectivity index (χ2v) is 4.79. The van der Waals surface area contributed by atoms with Crippen LogP contribution >= 0.6 is 0 Å². The standard InChI is InChI=1S/C14H24N4O3/c1-3-5-6-7-8-9-10-21-13-12(18(19)20)11-16-14(17-13)15-4-2/h11H,3-10H2,1-2H3,(H,15,16,17). The van der Waals surface area contributed by atoms with Gasteiger partial charge in [-0.3, -0.25) is 10.1 Å². The molecule has 7 heteroatoms. The van der Waals surface area contributed by atoms with E-state index in [0.717, 1.165) is 12.8 Å². The molecule has 118 valence electrons. The number of nitrogens with one attached hydrogen (secondary N) is 1. The minimum absolute atomic E-state index is 0.0412. The van der Waals surface area contributed by atoms with Crippen LogP contribution in [0.15, 0.2) is 6.20 Å². The first-order valence-corrected chi connectivity index (χ1v) is 7.57. The number of unbranched alkanes of at least 4 members (excludes halogenated alkanes) is 5. The smallest absolute Gasteiger partial charge is 0.349 e. The van der Waals surface area contributed by atoms with Crippen molar-refractivity contribution in [1.29, 1.82) is 0 Å². The maximum absolute atomic E-state index is 10.9. The molecule has 0 saturated heterocycles. The zero-order valence-corrected chi connectivity index (χ0v) is 12.8. The summed E-state index contributed by atoms with van der Waals surface area (Å²) in [5.74, 6) is 0.389. The highest BCUT2D eigenvalue weighted by Crippen LogP contribution is 2.24. The zero-order valence-electron chi connectivity index (χ0n) is 12.8. The average Bonchev–Trinajstić information content (AvgIpc) is 2.46. The molecule has 1 heterocycles. The molecule has 0 radical (unpaired) electrons. The van der Waals surface area contributed by atoms with Crippen LogP contribution in [0.2, 0.25) is 0 Å². The molecular formula is C14H24N4O3. The molecule has 0 unspecified atom stereocenters. The molecule has 7 nitrogen and oxygen atoms in total. The third kappa shape index (κ3) is 6.37. The van der Waals surface area contributed by atoms with Crippen molar-refractivity contribution in [2.24, 2.45) is 0 Å². The van der Waals surface area contributed by atoms with Crippen molar-refractivity contribution < 1.29 is 9.66 Å². The molecule has 0 bridgehead atoms. The average molecular weight is 296 g/mol. The number of anilines is 1. The monoisotopic (exact) mass is 296 g/mol. The molecule has 0 spiro atoms. The molecule has 0 saturated carbocycles. The topological polar surface area (TPSA) is 90.2 Å². The number of aromatic nitrogens is 2. The summed E-state index contributed by atoms with van der Waals surface area (Å²) in [4.78, 5) is 18.3. The van der Waals surface area contributed by atoms with Gasteiger partial charge in [-0.1, -0.05) is 39.0 Å². The second kappa shape index (κ2) is 9.90. The van der Waals surface area contributed by atoms with Crippen molar-refractivity contribution in [3.8, 4) is 5.88 Å². The van der Waals surface area contributed by atoms with Gasteiger partial charge in [0.1, 0.15) is 6.20 Å². The summed E-state index contributed by atoms with van der Waals surface area (Å²) in [5.41, 5.74) is -0.192. The Balaban J connectivity index is 2.47. The van der Waals surface area contributed by atoms with Crippen LogP contribution < -0.4 is 10.1 Å². The molecule has 0 amide bonds. The number of nitro groups is 1. The minimum Gasteiger partial charge on any atom is -0.473 e. The summed E-state index contributed by atoms with van der Waals surface area (Å²) >= 11 is 0. The van der Waals surface area contributed by atoms with Crippen LogP contribution in [-0.2, 0) is 0 Å². The zero-order chi connectivity index (χ0) is 15.5. The van der Waals surface area contributed by atoms with E-state index in [4.69, 9.17) is 4.74 Å². The minimum atomic E-state index is -0.522. The second-order valence-electron chi connectivity index (χ2n) is 4.79. The number of hydrogen-bond donors (Lipinski definition) is 1. The molecule has 0 aliphatic heterocycles. The SMILES string of the molecule is CCCCCCCCOc1nc(NCC)ncc1[N+](=O)[O-]. The highest BCUT2D eigenvalue weighted by molar-refractivity contribution is 5.43. The Morgan fingerprint density at radius 2 is 1.95 bits per heavy atom. The van der Waals surface area contributed by atoms with Crippen LogP contribution in [0.1, 0.15) is 52.4 Å². The molecular weight excluding hydrogens is 272 g/mol. The maximum atomic E-state index is 10.9. The number of nitrogens with zero attached hydrogens (tertiary/aromatic N) is 3. The molecule has 0 aromatic carbocycles. The first-order chi connectivity index (χ1) is 10.2. The Hall–Kier alpha value is -1.92. The molecule has 1 aromatic rings. The Labute approximate surface area is 125 Å². The summed E-state index contributed by atoms with van der Waals surface area (Å²) in [5, 5.41) is 13.8. The highest BCUT2D eigenvalue weighted by Gasteiger charge is 2.18. The molecule has 1 N–H and O–H groups in total. The fourth-order valence-electron chi connectivity index (χ4n) is 1.89. The molecule has 0 aliphatic carbocycles. The van der Waals surface area contributed by atoms with E-state index in [0.29, 0.717) is 19.1 Å². The lowest BCUT2D eigenvalue weighted by atomic mass is 10.1. The van der Waals surface area contributed by atoms with Gasteiger partial charge in [-0.25, -0.2) is 4.98 Å². The van der Waals surface area contributed by atoms with E-state index >= 15 is 0 Å². The molecule has 1 aromatic heterocycles. The van der Waals surface area contributed by atoms with Crippen LogP contribution in [0.3, 0.4) is 0 Å². The van der Waals surface area contributed by atoms with E-state index in [9.17, 15) is 10.1 Å². The summed E-state index contributed by atoms with van der Waals surface area (Å²) in [6.45, 7) is 5.17. The van der Waals surface area contributed by atoms with E-state index in [1.165, 1.54) is 31.9 Å². The number of ether oxygens (including phenoxy) is 1. The number of hydrogen-bond acceptors (Lipinski definition) is 6. The first-order valence-electron chi connectivity index (χ1n) is 7.57. The van der Waals surface area contributed by atoms with E-state index in [1.54, 1.807) is 0 Å². The van der Waals surface area contributed by atoms with Gasteiger partial charge in [0.2, 0.25) is 5.95 Å². The molecule has 0 fully saturated rings. The van der Waals surface area contributed by atoms with Gasteiger partial charge in [0, 0.05) is 6.54 Å². The van der Waals surface area contributed by atoms with Crippen molar-refractivity contribution >= 4 is 11.6 Å². The maximum Gasteiger partial charge on any atom is 0.349 e. The van der Waals surface area contributed by atoms with Crippen molar-refractivity contribution in [1.82, 2.24) is 9.97 Å². The van der Waals surface area contributed by atoms with E-state index in [1.807, 2.05) is 6.92 Å². The van der Waals surface area contributed by atoms with Crippen LogP contribution in [0, 0.1) is 10.1 Å². The lowest BCUT2D eigenvalue weighted by molar-refractivity contribution is -0.386. The number of rotatable bonds is 11. The Morgan fingerprint density at radius 3 is 2.62 bits per heavy atom. The third-order valence-electron chi connectivity index (χ3n) is 3.00. The van der Waals surface area contributed by atoms with Crippen molar-refractivity contribution in [2.75, 3.05) is 18.5 Å². The fourth-order valence-corrected chi connectivity index (χ4v) is 1.89. The van der Waals surface area contributed by atoms with Crippen molar-refractivity contribution in [3.63, 3.8) is 0 Å². The lowest BCUT2D eigenvalue weighted by Gasteiger charge is -2.07. The molecule has 1 rings (SSSR count). The third-order valence-corrected chi connectivity index (χ3v) is 3.00. The van der Waals surface area contributed by atoms with E-state index in [-0.39, 0.29) is 11.6 Å². The molecule has 0 aliphatic rings. The van der Waals surface area contributed by atoms with E-state index < -0.39 is 4.92 Å². The van der Waals surface area contributed by atoms with Gasteiger partial charge in [-0.15, -0.1) is 0 Å². The van der Waals surface area contributed by atoms with Gasteiger partial charge < -0.3 is 10.1 Å². The van der Waals surface area contributed by atoms with Gasteiger partial charge >= 0.3 is 5.69 Å². The first kappa shape index (κ1) is 17.1. The van der Waals surface area contributed by atoms with Crippen molar-refractivity contribution in [3.05, 3.63) is 16.3 Å². The Kier molecular flexibility index (Phi) is 8.08. The molecule has 0 atom stereocenters. The van der Waals surface area contributed by atoms with Crippen LogP contribution in [0.4, 0.5) is 11.6 Å². The summed E-state index contributed by atoms with van der Waals surface area (Å²) < 4.78 is 5.46. The van der Waals surface area contributed by atoms with Crippen LogP contribution in [0.5, 0.6) is 5.88 Å². The summed E-state index contributed by atoms with van der Waals surface area (Å²) in [6, 6.07) is 0. The van der Waals surface area contributed by atoms with Gasteiger partial charge in [0.15, 0.2) is 0 Å². The van der Waals surface area contributed by atoms with Crippen LogP contribution in [-0.4, -0.2) is 28.0 Å². The van der Waals surface area contributed by atoms with Gasteiger partial charge in [-0.2, -0.15) is 4.98 Å². The van der Waals surface area contributed by atoms with E-state index in [2.05, 4.69) is 22.2 Å². The normalized spacial score (nSPS) is 10.4. The molecule has 21 heavy (non-hydrogen) atoms. The Morgan fingerprint density at radius 1 is 1.24 bits per heavy atom. The predicted molar refractivity (Wildman–Crippen MR) is 81.7 cm³/mol.